The zero-order chi connectivity index (χ0) is 16.2. The Labute approximate surface area is 148 Å². The number of rotatable bonds is 5. The average molecular weight is 366 g/mol. The maximum Gasteiger partial charge on any atom is 0.257 e. The smallest absolute Gasteiger partial charge is 0.257 e. The summed E-state index contributed by atoms with van der Waals surface area (Å²) in [7, 11) is 0. The normalized spacial score (nSPS) is 15.3. The highest BCUT2D eigenvalue weighted by Crippen LogP contribution is 2.45. The molecule has 7 heteroatoms. The Morgan fingerprint density at radius 1 is 1.22 bits per heavy atom. The third-order valence-electron chi connectivity index (χ3n) is 3.34. The largest absolute Gasteiger partial charge is 0.296 e. The van der Waals surface area contributed by atoms with Gasteiger partial charge in [-0.3, -0.25) is 10.1 Å². The number of carbonyl (C=O) groups is 1. The van der Waals surface area contributed by atoms with Crippen LogP contribution in [0.2, 0.25) is 0 Å². The van der Waals surface area contributed by atoms with Crippen molar-refractivity contribution in [1.29, 1.82) is 0 Å². The van der Waals surface area contributed by atoms with Crippen molar-refractivity contribution >= 4 is 45.9 Å². The van der Waals surface area contributed by atoms with Crippen LogP contribution in [0.3, 0.4) is 0 Å². The van der Waals surface area contributed by atoms with Gasteiger partial charge in [0.15, 0.2) is 0 Å². The number of hydrogen-bond acceptors (Lipinski definition) is 6. The van der Waals surface area contributed by atoms with Crippen molar-refractivity contribution in [2.45, 2.75) is 24.9 Å². The van der Waals surface area contributed by atoms with E-state index in [1.807, 2.05) is 35.7 Å². The van der Waals surface area contributed by atoms with E-state index in [-0.39, 0.29) is 5.91 Å². The van der Waals surface area contributed by atoms with Crippen LogP contribution in [0, 0.1) is 5.92 Å². The minimum absolute atomic E-state index is 0.129. The molecule has 0 radical (unpaired) electrons. The van der Waals surface area contributed by atoms with Gasteiger partial charge in [0.2, 0.25) is 5.13 Å². The van der Waals surface area contributed by atoms with Crippen molar-refractivity contribution in [2.24, 2.45) is 5.92 Å². The lowest BCUT2D eigenvalue weighted by atomic mass is 10.1. The Morgan fingerprint density at radius 3 is 2.57 bits per heavy atom. The number of hydrogen-bond donors (Lipinski definition) is 1. The second kappa shape index (κ2) is 7.68. The molecule has 0 unspecified atom stereocenters. The van der Waals surface area contributed by atoms with Gasteiger partial charge >= 0.3 is 0 Å². The fraction of sp³-hybridized carbons (Fsp3) is 0.438. The molecular formula is C16H19N3OS3. The van der Waals surface area contributed by atoms with Gasteiger partial charge in [-0.1, -0.05) is 37.3 Å². The summed E-state index contributed by atoms with van der Waals surface area (Å²) >= 11 is 5.38. The van der Waals surface area contributed by atoms with Crippen LogP contribution in [-0.2, 0) is 6.42 Å². The fourth-order valence-corrected chi connectivity index (χ4v) is 6.05. The number of anilines is 1. The van der Waals surface area contributed by atoms with Crippen LogP contribution in [0.1, 0.15) is 39.4 Å². The number of carbonyl (C=O) groups excluding carboxylic acids is 1. The molecule has 4 nitrogen and oxygen atoms in total. The standard InChI is InChI=1S/C16H19N3OS3/c1-10(2)9-13-18-19-16(23-13)17-14(20)11-3-5-12(6-4-11)15-21-7-8-22-15/h3-6,10,15H,7-9H2,1-2H3,(H,17,19,20). The quantitative estimate of drug-likeness (QED) is 0.847. The molecule has 1 aromatic heterocycles. The monoisotopic (exact) mass is 365 g/mol. The van der Waals surface area contributed by atoms with E-state index in [0.717, 1.165) is 11.4 Å². The summed E-state index contributed by atoms with van der Waals surface area (Å²) < 4.78 is 0.508. The van der Waals surface area contributed by atoms with Gasteiger partial charge < -0.3 is 0 Å². The summed E-state index contributed by atoms with van der Waals surface area (Å²) in [4.78, 5) is 12.3. The van der Waals surface area contributed by atoms with Gasteiger partial charge in [-0.15, -0.1) is 33.7 Å². The topological polar surface area (TPSA) is 54.9 Å². The summed E-state index contributed by atoms with van der Waals surface area (Å²) in [5.74, 6) is 2.81. The second-order valence-corrected chi connectivity index (χ2v) is 9.54. The third kappa shape index (κ3) is 4.49. The van der Waals surface area contributed by atoms with Gasteiger partial charge in [0, 0.05) is 23.5 Å². The van der Waals surface area contributed by atoms with Gasteiger partial charge in [0.25, 0.3) is 5.91 Å². The van der Waals surface area contributed by atoms with E-state index in [2.05, 4.69) is 41.5 Å². The molecule has 0 bridgehead atoms. The van der Waals surface area contributed by atoms with Crippen LogP contribution >= 0.6 is 34.9 Å². The number of thioether (sulfide) groups is 2. The summed E-state index contributed by atoms with van der Waals surface area (Å²) in [6.45, 7) is 4.28. The Bertz CT molecular complexity index is 663. The summed E-state index contributed by atoms with van der Waals surface area (Å²) in [5, 5.41) is 12.5. The number of nitrogens with zero attached hydrogens (tertiary/aromatic N) is 2. The molecular weight excluding hydrogens is 346 g/mol. The molecule has 2 heterocycles. The molecule has 1 aliphatic rings. The van der Waals surface area contributed by atoms with E-state index < -0.39 is 0 Å². The van der Waals surface area contributed by atoms with Crippen LogP contribution in [0.4, 0.5) is 5.13 Å². The van der Waals surface area contributed by atoms with Crippen LogP contribution < -0.4 is 5.32 Å². The van der Waals surface area contributed by atoms with Crippen molar-refractivity contribution in [3.63, 3.8) is 0 Å². The van der Waals surface area contributed by atoms with Crippen LogP contribution in [0.25, 0.3) is 0 Å². The summed E-state index contributed by atoms with van der Waals surface area (Å²) in [6.07, 6.45) is 0.888. The Hall–Kier alpha value is -1.05. The SMILES string of the molecule is CC(C)Cc1nnc(NC(=O)c2ccc(C3SCCS3)cc2)s1. The van der Waals surface area contributed by atoms with Gasteiger partial charge in [-0.05, 0) is 23.6 Å². The van der Waals surface area contributed by atoms with Gasteiger partial charge in [-0.25, -0.2) is 0 Å². The minimum Gasteiger partial charge on any atom is -0.296 e. The maximum atomic E-state index is 12.3. The van der Waals surface area contributed by atoms with E-state index in [9.17, 15) is 4.79 Å². The van der Waals surface area contributed by atoms with Crippen molar-refractivity contribution < 1.29 is 4.79 Å². The molecule has 0 atom stereocenters. The lowest BCUT2D eigenvalue weighted by Gasteiger charge is -2.08. The van der Waals surface area contributed by atoms with Gasteiger partial charge in [0.05, 0.1) is 4.58 Å². The molecule has 0 aliphatic carbocycles. The van der Waals surface area contributed by atoms with E-state index >= 15 is 0 Å². The third-order valence-corrected chi connectivity index (χ3v) is 7.30. The molecule has 1 N–H and O–H groups in total. The van der Waals surface area contributed by atoms with Crippen LogP contribution in [0.5, 0.6) is 0 Å². The molecule has 3 rings (SSSR count). The number of benzene rings is 1. The molecule has 2 aromatic rings. The first-order valence-electron chi connectivity index (χ1n) is 7.58. The second-order valence-electron chi connectivity index (χ2n) is 5.75. The van der Waals surface area contributed by atoms with E-state index in [4.69, 9.17) is 0 Å². The Balaban J connectivity index is 1.62. The predicted molar refractivity (Wildman–Crippen MR) is 101 cm³/mol. The molecule has 0 saturated carbocycles. The highest BCUT2D eigenvalue weighted by molar-refractivity contribution is 8.19. The zero-order valence-corrected chi connectivity index (χ0v) is 15.6. The molecule has 0 spiro atoms. The van der Waals surface area contributed by atoms with Crippen molar-refractivity contribution in [3.05, 3.63) is 40.4 Å². The van der Waals surface area contributed by atoms with E-state index in [0.29, 0.717) is 21.2 Å². The average Bonchev–Trinajstić information content (AvgIpc) is 3.19. The fourth-order valence-electron chi connectivity index (χ4n) is 2.25. The van der Waals surface area contributed by atoms with Gasteiger partial charge in [0.1, 0.15) is 5.01 Å². The summed E-state index contributed by atoms with van der Waals surface area (Å²) in [6, 6.07) is 7.88. The molecule has 122 valence electrons. The molecule has 23 heavy (non-hydrogen) atoms. The minimum atomic E-state index is -0.129. The zero-order valence-electron chi connectivity index (χ0n) is 13.1. The number of aromatic nitrogens is 2. The maximum absolute atomic E-state index is 12.3. The Kier molecular flexibility index (Phi) is 5.61. The highest BCUT2D eigenvalue weighted by Gasteiger charge is 2.18. The lowest BCUT2D eigenvalue weighted by molar-refractivity contribution is 0.102. The molecule has 1 aliphatic heterocycles. The number of amides is 1. The molecule has 1 saturated heterocycles. The van der Waals surface area contributed by atoms with Gasteiger partial charge in [-0.2, -0.15) is 0 Å². The molecule has 1 amide bonds. The van der Waals surface area contributed by atoms with Crippen molar-refractivity contribution in [1.82, 2.24) is 10.2 Å². The Morgan fingerprint density at radius 2 is 1.91 bits per heavy atom. The van der Waals surface area contributed by atoms with Crippen LogP contribution in [-0.4, -0.2) is 27.6 Å². The van der Waals surface area contributed by atoms with E-state index in [1.165, 1.54) is 28.4 Å². The summed E-state index contributed by atoms with van der Waals surface area (Å²) in [5.41, 5.74) is 1.94. The van der Waals surface area contributed by atoms with Crippen molar-refractivity contribution in [2.75, 3.05) is 16.8 Å². The first kappa shape index (κ1) is 16.8. The van der Waals surface area contributed by atoms with Crippen LogP contribution in [0.15, 0.2) is 24.3 Å². The highest BCUT2D eigenvalue weighted by atomic mass is 32.2. The number of nitrogens with one attached hydrogen (secondary N) is 1. The molecule has 1 fully saturated rings. The predicted octanol–water partition coefficient (Wildman–Crippen LogP) is 4.47. The first-order valence-corrected chi connectivity index (χ1v) is 10.5. The molecule has 1 aromatic carbocycles. The first-order chi connectivity index (χ1) is 11.1. The van der Waals surface area contributed by atoms with Crippen molar-refractivity contribution in [3.8, 4) is 0 Å². The van der Waals surface area contributed by atoms with E-state index in [1.54, 1.807) is 0 Å². The lowest BCUT2D eigenvalue weighted by Crippen LogP contribution is -2.11.